The number of aromatic nitrogens is 4. The molecule has 10 nitrogen and oxygen atoms in total. The highest BCUT2D eigenvalue weighted by Crippen LogP contribution is 2.31. The first-order valence-corrected chi connectivity index (χ1v) is 13.9. The standard InChI is InChI=1S/C27H32N8O2S/c28-24(36)7-3-1-2-6-22(32-25(37)16-21-18-38-27-29-12-4-14-34(21)27)26-30-17-23(33-26)19-8-10-20(11-9-19)35-15-5-13-31-35/h5,8-11,13,15,17-18,22H,1-4,6-7,12,14,16H2,(H2,28,36)(H,30,33)(H,32,37)/t22-/m0/s1. The van der Waals surface area contributed by atoms with Gasteiger partial charge in [0.1, 0.15) is 5.82 Å². The second-order valence-electron chi connectivity index (χ2n) is 9.44. The summed E-state index contributed by atoms with van der Waals surface area (Å²) in [6, 6.07) is 9.68. The lowest BCUT2D eigenvalue weighted by atomic mass is 10.1. The van der Waals surface area contributed by atoms with Gasteiger partial charge in [0.05, 0.1) is 30.0 Å². The van der Waals surface area contributed by atoms with Crippen LogP contribution in [-0.2, 0) is 9.59 Å². The average Bonchev–Trinajstić information content (AvgIpc) is 3.70. The molecule has 0 saturated carbocycles. The molecule has 1 aromatic carbocycles. The van der Waals surface area contributed by atoms with E-state index < -0.39 is 0 Å². The number of thioether (sulfide) groups is 1. The second-order valence-corrected chi connectivity index (χ2v) is 10.3. The molecule has 4 N–H and O–H groups in total. The third-order valence-corrected chi connectivity index (χ3v) is 7.58. The Bertz CT molecular complexity index is 1310. The minimum Gasteiger partial charge on any atom is -0.370 e. The number of imidazole rings is 1. The van der Waals surface area contributed by atoms with E-state index in [1.54, 1.807) is 24.2 Å². The van der Waals surface area contributed by atoms with Crippen LogP contribution < -0.4 is 11.1 Å². The molecule has 0 saturated heterocycles. The summed E-state index contributed by atoms with van der Waals surface area (Å²) in [4.78, 5) is 38.9. The number of carbonyl (C=O) groups is 2. The van der Waals surface area contributed by atoms with Crippen molar-refractivity contribution in [3.8, 4) is 16.9 Å². The molecule has 2 aliphatic heterocycles. The summed E-state index contributed by atoms with van der Waals surface area (Å²) in [5.74, 6) is 0.383. The number of nitrogens with one attached hydrogen (secondary N) is 2. The Balaban J connectivity index is 1.26. The number of H-pyrrole nitrogens is 1. The molecule has 0 fully saturated rings. The summed E-state index contributed by atoms with van der Waals surface area (Å²) in [5.41, 5.74) is 9.11. The minimum absolute atomic E-state index is 0.0488. The quantitative estimate of drug-likeness (QED) is 0.303. The van der Waals surface area contributed by atoms with E-state index in [-0.39, 0.29) is 17.9 Å². The van der Waals surface area contributed by atoms with Gasteiger partial charge in [0, 0.05) is 37.6 Å². The Morgan fingerprint density at radius 3 is 2.84 bits per heavy atom. The van der Waals surface area contributed by atoms with Crippen LogP contribution in [-0.4, -0.2) is 54.7 Å². The van der Waals surface area contributed by atoms with Gasteiger partial charge in [0.15, 0.2) is 5.17 Å². The number of aliphatic imine (C=N–C) groups is 1. The van der Waals surface area contributed by atoms with Crippen LogP contribution >= 0.6 is 11.8 Å². The Kier molecular flexibility index (Phi) is 8.22. The maximum atomic E-state index is 13.1. The normalized spacial score (nSPS) is 15.5. The molecule has 0 spiro atoms. The maximum absolute atomic E-state index is 13.1. The number of benzene rings is 1. The number of hydrogen-bond donors (Lipinski definition) is 3. The summed E-state index contributed by atoms with van der Waals surface area (Å²) < 4.78 is 1.81. The number of nitrogens with two attached hydrogens (primary N) is 1. The van der Waals surface area contributed by atoms with Gasteiger partial charge >= 0.3 is 0 Å². The van der Waals surface area contributed by atoms with Gasteiger partial charge in [-0.05, 0) is 48.4 Å². The predicted octanol–water partition coefficient (Wildman–Crippen LogP) is 3.90. The van der Waals surface area contributed by atoms with Crippen molar-refractivity contribution < 1.29 is 9.59 Å². The van der Waals surface area contributed by atoms with Crippen molar-refractivity contribution in [2.24, 2.45) is 10.7 Å². The number of nitrogens with zero attached hydrogens (tertiary/aromatic N) is 5. The lowest BCUT2D eigenvalue weighted by Crippen LogP contribution is -2.34. The zero-order valence-electron chi connectivity index (χ0n) is 21.2. The number of aromatic amines is 1. The van der Waals surface area contributed by atoms with Gasteiger partial charge < -0.3 is 20.9 Å². The number of unbranched alkanes of at least 4 members (excludes halogenated alkanes) is 2. The summed E-state index contributed by atoms with van der Waals surface area (Å²) >= 11 is 1.59. The number of amides is 2. The molecule has 3 aromatic rings. The average molecular weight is 533 g/mol. The van der Waals surface area contributed by atoms with Crippen molar-refractivity contribution in [1.82, 2.24) is 30.0 Å². The van der Waals surface area contributed by atoms with E-state index in [9.17, 15) is 9.59 Å². The Morgan fingerprint density at radius 1 is 1.18 bits per heavy atom. The zero-order chi connectivity index (χ0) is 26.3. The van der Waals surface area contributed by atoms with Crippen LogP contribution in [0.3, 0.4) is 0 Å². The van der Waals surface area contributed by atoms with E-state index in [1.807, 2.05) is 46.6 Å². The molecule has 2 aliphatic rings. The SMILES string of the molecule is NC(=O)CCCCC[C@H](NC(=O)CC1=CSC2=NCCCN12)c1ncc(-c2ccc(-n3cccn3)cc2)[nH]1. The number of amidine groups is 1. The van der Waals surface area contributed by atoms with Crippen molar-refractivity contribution >= 4 is 28.7 Å². The van der Waals surface area contributed by atoms with Gasteiger partial charge in [0.25, 0.3) is 0 Å². The smallest absolute Gasteiger partial charge is 0.226 e. The van der Waals surface area contributed by atoms with Crippen LogP contribution in [0.15, 0.2) is 65.0 Å². The monoisotopic (exact) mass is 532 g/mol. The molecule has 0 radical (unpaired) electrons. The van der Waals surface area contributed by atoms with E-state index in [2.05, 4.69) is 30.3 Å². The zero-order valence-corrected chi connectivity index (χ0v) is 22.0. The molecule has 5 rings (SSSR count). The first-order valence-electron chi connectivity index (χ1n) is 13.0. The Morgan fingerprint density at radius 2 is 2.05 bits per heavy atom. The second kappa shape index (κ2) is 12.1. The number of hydrogen-bond acceptors (Lipinski definition) is 7. The van der Waals surface area contributed by atoms with Crippen molar-refractivity contribution in [2.75, 3.05) is 13.1 Å². The number of primary amides is 1. The number of carbonyl (C=O) groups excluding carboxylic acids is 2. The summed E-state index contributed by atoms with van der Waals surface area (Å²) in [7, 11) is 0. The maximum Gasteiger partial charge on any atom is 0.226 e. The highest BCUT2D eigenvalue weighted by atomic mass is 32.2. The van der Waals surface area contributed by atoms with Crippen molar-refractivity contribution in [1.29, 1.82) is 0 Å². The summed E-state index contributed by atoms with van der Waals surface area (Å²) in [6.45, 7) is 1.74. The molecule has 11 heteroatoms. The highest BCUT2D eigenvalue weighted by molar-refractivity contribution is 8.16. The van der Waals surface area contributed by atoms with Crippen molar-refractivity contribution in [2.45, 2.75) is 51.0 Å². The van der Waals surface area contributed by atoms with Crippen molar-refractivity contribution in [3.05, 3.63) is 65.9 Å². The molecule has 198 valence electrons. The van der Waals surface area contributed by atoms with Gasteiger partial charge in [-0.3, -0.25) is 14.6 Å². The fraction of sp³-hybridized carbons (Fsp3) is 0.370. The molecular formula is C27H32N8O2S. The molecular weight excluding hydrogens is 500 g/mol. The topological polar surface area (TPSA) is 134 Å². The van der Waals surface area contributed by atoms with Crippen molar-refractivity contribution in [3.63, 3.8) is 0 Å². The predicted molar refractivity (Wildman–Crippen MR) is 148 cm³/mol. The fourth-order valence-electron chi connectivity index (χ4n) is 4.66. The molecule has 4 heterocycles. The lowest BCUT2D eigenvalue weighted by molar-refractivity contribution is -0.121. The molecule has 38 heavy (non-hydrogen) atoms. The molecule has 1 atom stereocenters. The third-order valence-electron chi connectivity index (χ3n) is 6.63. The molecule has 2 aromatic heterocycles. The van der Waals surface area contributed by atoms with Gasteiger partial charge in [-0.1, -0.05) is 36.7 Å². The molecule has 0 unspecified atom stereocenters. The largest absolute Gasteiger partial charge is 0.370 e. The fourth-order valence-corrected chi connectivity index (χ4v) is 5.61. The van der Waals surface area contributed by atoms with Crippen LogP contribution in [0.25, 0.3) is 16.9 Å². The molecule has 0 aliphatic carbocycles. The molecule has 0 bridgehead atoms. The van der Waals surface area contributed by atoms with E-state index in [0.717, 1.165) is 72.4 Å². The Labute approximate surface area is 225 Å². The first-order chi connectivity index (χ1) is 18.6. The third kappa shape index (κ3) is 6.34. The summed E-state index contributed by atoms with van der Waals surface area (Å²) in [6.07, 6.45) is 10.3. The summed E-state index contributed by atoms with van der Waals surface area (Å²) in [5, 5.41) is 10.5. The van der Waals surface area contributed by atoms with E-state index in [4.69, 9.17) is 5.73 Å². The number of rotatable bonds is 12. The van der Waals surface area contributed by atoms with Gasteiger partial charge in [-0.2, -0.15) is 5.10 Å². The highest BCUT2D eigenvalue weighted by Gasteiger charge is 2.27. The number of fused-ring (bicyclic) bond motifs is 1. The molecule has 2 amide bonds. The van der Waals surface area contributed by atoms with Gasteiger partial charge in [0.2, 0.25) is 11.8 Å². The van der Waals surface area contributed by atoms with Gasteiger partial charge in [-0.25, -0.2) is 9.67 Å². The minimum atomic E-state index is -0.285. The van der Waals surface area contributed by atoms with Crippen LogP contribution in [0.4, 0.5) is 0 Å². The van der Waals surface area contributed by atoms with Gasteiger partial charge in [-0.15, -0.1) is 0 Å². The lowest BCUT2D eigenvalue weighted by Gasteiger charge is -2.25. The van der Waals surface area contributed by atoms with Crippen LogP contribution in [0.1, 0.15) is 56.8 Å². The van der Waals surface area contributed by atoms with E-state index >= 15 is 0 Å². The van der Waals surface area contributed by atoms with Crippen LogP contribution in [0, 0.1) is 0 Å². The Hall–Kier alpha value is -3.86. The van der Waals surface area contributed by atoms with E-state index in [0.29, 0.717) is 19.3 Å². The van der Waals surface area contributed by atoms with E-state index in [1.165, 1.54) is 0 Å². The first kappa shape index (κ1) is 25.8. The van der Waals surface area contributed by atoms with Crippen LogP contribution in [0.5, 0.6) is 0 Å². The van der Waals surface area contributed by atoms with Crippen LogP contribution in [0.2, 0.25) is 0 Å².